The highest BCUT2D eigenvalue weighted by molar-refractivity contribution is 5.97. The predicted octanol–water partition coefficient (Wildman–Crippen LogP) is 4.59. The monoisotopic (exact) mass is 417 g/mol. The first-order valence-corrected chi connectivity index (χ1v) is 10.2. The molecule has 0 aliphatic rings. The van der Waals surface area contributed by atoms with Crippen LogP contribution < -0.4 is 20.7 Å². The van der Waals surface area contributed by atoms with E-state index in [0.717, 1.165) is 11.4 Å². The van der Waals surface area contributed by atoms with Crippen LogP contribution in [0.3, 0.4) is 0 Å². The summed E-state index contributed by atoms with van der Waals surface area (Å²) < 4.78 is 5.46. The average Bonchev–Trinajstić information content (AvgIpc) is 2.78. The zero-order valence-corrected chi connectivity index (χ0v) is 17.7. The summed E-state index contributed by atoms with van der Waals surface area (Å²) in [6, 6.07) is 25.7. The Morgan fingerprint density at radius 2 is 1.32 bits per heavy atom. The standard InChI is InChI=1S/C25H27N3O3/c1-18(2)24(28-23(29)17-31-22-11-7-4-8-12-22)25(30)27-21-15-13-20(14-16-21)26-19-9-5-3-6-10-19/h3-16,18,24,26H,17H2,1-2H3,(H,27,30)(H,28,29). The topological polar surface area (TPSA) is 79.5 Å². The normalized spacial score (nSPS) is 11.5. The Morgan fingerprint density at radius 1 is 0.774 bits per heavy atom. The number of amides is 2. The van der Waals surface area contributed by atoms with E-state index in [2.05, 4.69) is 16.0 Å². The van der Waals surface area contributed by atoms with Crippen molar-refractivity contribution in [3.63, 3.8) is 0 Å². The van der Waals surface area contributed by atoms with Crippen LogP contribution in [0, 0.1) is 5.92 Å². The number of benzene rings is 3. The highest BCUT2D eigenvalue weighted by atomic mass is 16.5. The highest BCUT2D eigenvalue weighted by Crippen LogP contribution is 2.19. The highest BCUT2D eigenvalue weighted by Gasteiger charge is 2.24. The first-order valence-electron chi connectivity index (χ1n) is 10.2. The predicted molar refractivity (Wildman–Crippen MR) is 124 cm³/mol. The third kappa shape index (κ3) is 6.89. The van der Waals surface area contributed by atoms with Gasteiger partial charge < -0.3 is 20.7 Å². The fourth-order valence-electron chi connectivity index (χ4n) is 2.96. The summed E-state index contributed by atoms with van der Waals surface area (Å²) in [5.74, 6) is -0.0981. The fourth-order valence-corrected chi connectivity index (χ4v) is 2.96. The third-order valence-corrected chi connectivity index (χ3v) is 4.59. The van der Waals surface area contributed by atoms with Gasteiger partial charge in [0.1, 0.15) is 11.8 Å². The molecule has 2 amide bonds. The number of hydrogen-bond acceptors (Lipinski definition) is 4. The van der Waals surface area contributed by atoms with Crippen LogP contribution in [0.15, 0.2) is 84.9 Å². The van der Waals surface area contributed by atoms with Crippen molar-refractivity contribution < 1.29 is 14.3 Å². The van der Waals surface area contributed by atoms with Crippen LogP contribution in [0.2, 0.25) is 0 Å². The molecule has 0 radical (unpaired) electrons. The summed E-state index contributed by atoms with van der Waals surface area (Å²) in [6.45, 7) is 3.62. The van der Waals surface area contributed by atoms with E-state index in [0.29, 0.717) is 11.4 Å². The third-order valence-electron chi connectivity index (χ3n) is 4.59. The second kappa shape index (κ2) is 10.8. The van der Waals surface area contributed by atoms with E-state index in [1.807, 2.05) is 86.6 Å². The molecule has 0 aromatic heterocycles. The minimum Gasteiger partial charge on any atom is -0.484 e. The van der Waals surface area contributed by atoms with E-state index in [1.165, 1.54) is 0 Å². The molecule has 0 heterocycles. The summed E-state index contributed by atoms with van der Waals surface area (Å²) >= 11 is 0. The average molecular weight is 418 g/mol. The molecule has 6 nitrogen and oxygen atoms in total. The number of anilines is 3. The number of nitrogens with one attached hydrogen (secondary N) is 3. The number of rotatable bonds is 9. The molecule has 0 saturated heterocycles. The zero-order valence-electron chi connectivity index (χ0n) is 17.7. The molecule has 1 unspecified atom stereocenters. The lowest BCUT2D eigenvalue weighted by Gasteiger charge is -2.22. The van der Waals surface area contributed by atoms with Crippen molar-refractivity contribution in [3.8, 4) is 5.75 Å². The number of ether oxygens (including phenoxy) is 1. The SMILES string of the molecule is CC(C)C(NC(=O)COc1ccccc1)C(=O)Nc1ccc(Nc2ccccc2)cc1. The summed E-state index contributed by atoms with van der Waals surface area (Å²) in [7, 11) is 0. The van der Waals surface area contributed by atoms with E-state index < -0.39 is 6.04 Å². The van der Waals surface area contributed by atoms with E-state index in [-0.39, 0.29) is 24.3 Å². The van der Waals surface area contributed by atoms with Gasteiger partial charge in [0.15, 0.2) is 6.61 Å². The summed E-state index contributed by atoms with van der Waals surface area (Å²) in [6.07, 6.45) is 0. The molecule has 3 aromatic carbocycles. The first kappa shape index (κ1) is 21.9. The van der Waals surface area contributed by atoms with Crippen molar-refractivity contribution in [1.82, 2.24) is 5.32 Å². The molecule has 31 heavy (non-hydrogen) atoms. The molecule has 6 heteroatoms. The van der Waals surface area contributed by atoms with Gasteiger partial charge in [-0.25, -0.2) is 0 Å². The van der Waals surface area contributed by atoms with Gasteiger partial charge in [0, 0.05) is 17.1 Å². The van der Waals surface area contributed by atoms with Crippen molar-refractivity contribution in [2.75, 3.05) is 17.2 Å². The second-order valence-corrected chi connectivity index (χ2v) is 7.45. The summed E-state index contributed by atoms with van der Waals surface area (Å²) in [5.41, 5.74) is 2.56. The molecule has 160 valence electrons. The van der Waals surface area contributed by atoms with Crippen LogP contribution >= 0.6 is 0 Å². The maximum atomic E-state index is 12.8. The Bertz CT molecular complexity index is 974. The maximum absolute atomic E-state index is 12.8. The Hall–Kier alpha value is -3.80. The summed E-state index contributed by atoms with van der Waals surface area (Å²) in [4.78, 5) is 25.0. The largest absolute Gasteiger partial charge is 0.484 e. The van der Waals surface area contributed by atoms with Crippen LogP contribution in [-0.2, 0) is 9.59 Å². The molecule has 0 saturated carbocycles. The maximum Gasteiger partial charge on any atom is 0.258 e. The van der Waals surface area contributed by atoms with Crippen LogP contribution in [0.1, 0.15) is 13.8 Å². The zero-order chi connectivity index (χ0) is 22.1. The van der Waals surface area contributed by atoms with E-state index >= 15 is 0 Å². The van der Waals surface area contributed by atoms with Gasteiger partial charge in [0.2, 0.25) is 5.91 Å². The molecule has 0 fully saturated rings. The van der Waals surface area contributed by atoms with Gasteiger partial charge in [-0.05, 0) is 54.4 Å². The van der Waals surface area contributed by atoms with Gasteiger partial charge in [-0.15, -0.1) is 0 Å². The van der Waals surface area contributed by atoms with Gasteiger partial charge in [-0.1, -0.05) is 50.2 Å². The molecule has 0 spiro atoms. The van der Waals surface area contributed by atoms with Crippen molar-refractivity contribution in [3.05, 3.63) is 84.9 Å². The Labute approximate surface area is 182 Å². The van der Waals surface area contributed by atoms with Gasteiger partial charge >= 0.3 is 0 Å². The first-order chi connectivity index (χ1) is 15.0. The minimum atomic E-state index is -0.672. The lowest BCUT2D eigenvalue weighted by molar-refractivity contribution is -0.128. The molecular formula is C25H27N3O3. The lowest BCUT2D eigenvalue weighted by Crippen LogP contribution is -2.48. The molecule has 0 aliphatic heterocycles. The molecular weight excluding hydrogens is 390 g/mol. The van der Waals surface area contributed by atoms with Crippen LogP contribution in [-0.4, -0.2) is 24.5 Å². The van der Waals surface area contributed by atoms with E-state index in [4.69, 9.17) is 4.74 Å². The van der Waals surface area contributed by atoms with Gasteiger partial charge in [0.25, 0.3) is 5.91 Å². The smallest absolute Gasteiger partial charge is 0.258 e. The quantitative estimate of drug-likeness (QED) is 0.476. The Morgan fingerprint density at radius 3 is 1.94 bits per heavy atom. The molecule has 1 atom stereocenters. The minimum absolute atomic E-state index is 0.0836. The van der Waals surface area contributed by atoms with Gasteiger partial charge in [-0.3, -0.25) is 9.59 Å². The van der Waals surface area contributed by atoms with Crippen molar-refractivity contribution >= 4 is 28.9 Å². The fraction of sp³-hybridized carbons (Fsp3) is 0.200. The molecule has 3 rings (SSSR count). The number of carbonyl (C=O) groups excluding carboxylic acids is 2. The van der Waals surface area contributed by atoms with Crippen LogP contribution in [0.25, 0.3) is 0 Å². The lowest BCUT2D eigenvalue weighted by atomic mass is 10.0. The van der Waals surface area contributed by atoms with Gasteiger partial charge in [-0.2, -0.15) is 0 Å². The van der Waals surface area contributed by atoms with Crippen molar-refractivity contribution in [2.24, 2.45) is 5.92 Å². The molecule has 0 aliphatic carbocycles. The summed E-state index contributed by atoms with van der Waals surface area (Å²) in [5, 5.41) is 8.93. The Balaban J connectivity index is 1.54. The second-order valence-electron chi connectivity index (χ2n) is 7.45. The van der Waals surface area contributed by atoms with Crippen molar-refractivity contribution in [1.29, 1.82) is 0 Å². The van der Waals surface area contributed by atoms with E-state index in [1.54, 1.807) is 12.1 Å². The van der Waals surface area contributed by atoms with Crippen LogP contribution in [0.5, 0.6) is 5.75 Å². The number of para-hydroxylation sites is 2. The van der Waals surface area contributed by atoms with E-state index in [9.17, 15) is 9.59 Å². The molecule has 3 aromatic rings. The van der Waals surface area contributed by atoms with Crippen molar-refractivity contribution in [2.45, 2.75) is 19.9 Å². The number of hydrogen-bond donors (Lipinski definition) is 3. The Kier molecular flexibility index (Phi) is 7.65. The van der Waals surface area contributed by atoms with Crippen LogP contribution in [0.4, 0.5) is 17.1 Å². The molecule has 3 N–H and O–H groups in total. The number of carbonyl (C=O) groups is 2. The van der Waals surface area contributed by atoms with Gasteiger partial charge in [0.05, 0.1) is 0 Å². The molecule has 0 bridgehead atoms.